The van der Waals surface area contributed by atoms with E-state index in [1.165, 1.54) is 18.2 Å². The zero-order chi connectivity index (χ0) is 10.6. The summed E-state index contributed by atoms with van der Waals surface area (Å²) in [6, 6.07) is 5.72. The highest BCUT2D eigenvalue weighted by molar-refractivity contribution is 6.30. The number of carbonyl (C=O) groups is 1. The molecule has 0 saturated carbocycles. The van der Waals surface area contributed by atoms with Crippen LogP contribution in [0.3, 0.4) is 0 Å². The Morgan fingerprint density at radius 3 is 2.93 bits per heavy atom. The summed E-state index contributed by atoms with van der Waals surface area (Å²) in [7, 11) is 0. The molecular weight excluding hydrogens is 205 g/mol. The Bertz CT molecular complexity index is 330. The first-order valence-electron chi connectivity index (χ1n) is 4.32. The standard InChI is InChI=1S/C10H11ClFNO/c1-2-13-10(14)9(11)7-4-3-5-8(12)6-7/h3-6,9H,2H2,1H3,(H,13,14). The van der Waals surface area contributed by atoms with Gasteiger partial charge in [-0.15, -0.1) is 11.6 Å². The van der Waals surface area contributed by atoms with Crippen LogP contribution < -0.4 is 5.32 Å². The smallest absolute Gasteiger partial charge is 0.242 e. The van der Waals surface area contributed by atoms with E-state index in [-0.39, 0.29) is 5.91 Å². The molecule has 1 atom stereocenters. The van der Waals surface area contributed by atoms with Gasteiger partial charge in [0.25, 0.3) is 0 Å². The molecule has 0 aliphatic carbocycles. The maximum atomic E-state index is 12.8. The van der Waals surface area contributed by atoms with Crippen molar-refractivity contribution in [2.24, 2.45) is 0 Å². The minimum Gasteiger partial charge on any atom is -0.355 e. The van der Waals surface area contributed by atoms with Gasteiger partial charge >= 0.3 is 0 Å². The molecule has 0 aromatic heterocycles. The number of hydrogen-bond donors (Lipinski definition) is 1. The average Bonchev–Trinajstić information content (AvgIpc) is 2.17. The lowest BCUT2D eigenvalue weighted by Gasteiger charge is -2.09. The summed E-state index contributed by atoms with van der Waals surface area (Å²) in [5, 5.41) is 1.74. The van der Waals surface area contributed by atoms with Crippen molar-refractivity contribution < 1.29 is 9.18 Å². The SMILES string of the molecule is CCNC(=O)C(Cl)c1cccc(F)c1. The molecule has 1 aromatic carbocycles. The van der Waals surface area contributed by atoms with Gasteiger partial charge in [-0.25, -0.2) is 4.39 Å². The van der Waals surface area contributed by atoms with Crippen LogP contribution >= 0.6 is 11.6 Å². The molecule has 0 saturated heterocycles. The Morgan fingerprint density at radius 2 is 2.36 bits per heavy atom. The van der Waals surface area contributed by atoms with Crippen LogP contribution in [0.25, 0.3) is 0 Å². The van der Waals surface area contributed by atoms with Gasteiger partial charge in [0, 0.05) is 6.54 Å². The fraction of sp³-hybridized carbons (Fsp3) is 0.300. The van der Waals surface area contributed by atoms with Crippen LogP contribution in [0, 0.1) is 5.82 Å². The minimum absolute atomic E-state index is 0.306. The van der Waals surface area contributed by atoms with E-state index < -0.39 is 11.2 Å². The van der Waals surface area contributed by atoms with Crippen molar-refractivity contribution in [2.45, 2.75) is 12.3 Å². The molecule has 0 radical (unpaired) electrons. The number of rotatable bonds is 3. The molecular formula is C10H11ClFNO. The number of benzene rings is 1. The van der Waals surface area contributed by atoms with Crippen LogP contribution in [-0.2, 0) is 4.79 Å². The van der Waals surface area contributed by atoms with Gasteiger partial charge in [-0.05, 0) is 24.6 Å². The van der Waals surface area contributed by atoms with E-state index >= 15 is 0 Å². The van der Waals surface area contributed by atoms with Gasteiger partial charge in [-0.2, -0.15) is 0 Å². The van der Waals surface area contributed by atoms with Crippen molar-refractivity contribution in [3.63, 3.8) is 0 Å². The lowest BCUT2D eigenvalue weighted by molar-refractivity contribution is -0.120. The summed E-state index contributed by atoms with van der Waals surface area (Å²) >= 11 is 5.83. The summed E-state index contributed by atoms with van der Waals surface area (Å²) in [6.45, 7) is 2.31. The fourth-order valence-corrected chi connectivity index (χ4v) is 1.29. The van der Waals surface area contributed by atoms with E-state index in [1.807, 2.05) is 0 Å². The number of hydrogen-bond acceptors (Lipinski definition) is 1. The normalized spacial score (nSPS) is 12.2. The summed E-state index contributed by atoms with van der Waals surface area (Å²) in [6.07, 6.45) is 0. The van der Waals surface area contributed by atoms with Crippen LogP contribution in [0.4, 0.5) is 4.39 Å². The van der Waals surface area contributed by atoms with E-state index in [0.29, 0.717) is 12.1 Å². The lowest BCUT2D eigenvalue weighted by atomic mass is 10.1. The van der Waals surface area contributed by atoms with E-state index in [9.17, 15) is 9.18 Å². The third-order valence-corrected chi connectivity index (χ3v) is 2.17. The summed E-state index contributed by atoms with van der Waals surface area (Å²) in [4.78, 5) is 11.3. The number of nitrogens with one attached hydrogen (secondary N) is 1. The third-order valence-electron chi connectivity index (χ3n) is 1.72. The molecule has 1 amide bonds. The van der Waals surface area contributed by atoms with Crippen molar-refractivity contribution in [1.29, 1.82) is 0 Å². The van der Waals surface area contributed by atoms with Gasteiger partial charge in [0.1, 0.15) is 11.2 Å². The molecule has 2 nitrogen and oxygen atoms in total. The molecule has 0 heterocycles. The van der Waals surface area contributed by atoms with Gasteiger partial charge in [-0.1, -0.05) is 12.1 Å². The van der Waals surface area contributed by atoms with Gasteiger partial charge < -0.3 is 5.32 Å². The number of likely N-dealkylation sites (N-methyl/N-ethyl adjacent to an activating group) is 1. The highest BCUT2D eigenvalue weighted by Gasteiger charge is 2.16. The van der Waals surface area contributed by atoms with Crippen molar-refractivity contribution in [1.82, 2.24) is 5.32 Å². The molecule has 4 heteroatoms. The molecule has 0 fully saturated rings. The Hall–Kier alpha value is -1.09. The maximum Gasteiger partial charge on any atom is 0.242 e. The molecule has 1 rings (SSSR count). The van der Waals surface area contributed by atoms with E-state index in [2.05, 4.69) is 5.32 Å². The molecule has 1 unspecified atom stereocenters. The fourth-order valence-electron chi connectivity index (χ4n) is 1.08. The predicted octanol–water partition coefficient (Wildman–Crippen LogP) is 2.24. The Morgan fingerprint density at radius 1 is 1.64 bits per heavy atom. The molecule has 1 aromatic rings. The Kier molecular flexibility index (Phi) is 3.89. The molecule has 0 spiro atoms. The molecule has 76 valence electrons. The quantitative estimate of drug-likeness (QED) is 0.770. The third kappa shape index (κ3) is 2.70. The van der Waals surface area contributed by atoms with Gasteiger partial charge in [-0.3, -0.25) is 4.79 Å². The van der Waals surface area contributed by atoms with Crippen molar-refractivity contribution in [3.05, 3.63) is 35.6 Å². The lowest BCUT2D eigenvalue weighted by Crippen LogP contribution is -2.26. The number of carbonyl (C=O) groups excluding carboxylic acids is 1. The summed E-state index contributed by atoms with van der Waals surface area (Å²) in [5.74, 6) is -0.697. The summed E-state index contributed by atoms with van der Waals surface area (Å²) in [5.41, 5.74) is 0.470. The Labute approximate surface area is 87.1 Å². The summed E-state index contributed by atoms with van der Waals surface area (Å²) < 4.78 is 12.8. The van der Waals surface area contributed by atoms with Crippen LogP contribution in [-0.4, -0.2) is 12.5 Å². The Balaban J connectivity index is 2.78. The van der Waals surface area contributed by atoms with E-state index in [1.54, 1.807) is 13.0 Å². The minimum atomic E-state index is -0.828. The second kappa shape index (κ2) is 4.96. The highest BCUT2D eigenvalue weighted by Crippen LogP contribution is 2.20. The van der Waals surface area contributed by atoms with E-state index in [4.69, 9.17) is 11.6 Å². The van der Waals surface area contributed by atoms with Gasteiger partial charge in [0.15, 0.2) is 0 Å². The highest BCUT2D eigenvalue weighted by atomic mass is 35.5. The first kappa shape index (κ1) is 11.0. The van der Waals surface area contributed by atoms with Crippen LogP contribution in [0.1, 0.15) is 17.9 Å². The maximum absolute atomic E-state index is 12.8. The average molecular weight is 216 g/mol. The van der Waals surface area contributed by atoms with Gasteiger partial charge in [0.2, 0.25) is 5.91 Å². The van der Waals surface area contributed by atoms with Crippen molar-refractivity contribution in [3.8, 4) is 0 Å². The van der Waals surface area contributed by atoms with Crippen molar-refractivity contribution >= 4 is 17.5 Å². The second-order valence-electron chi connectivity index (χ2n) is 2.81. The zero-order valence-corrected chi connectivity index (χ0v) is 8.51. The number of halogens is 2. The molecule has 0 bridgehead atoms. The largest absolute Gasteiger partial charge is 0.355 e. The first-order chi connectivity index (χ1) is 6.65. The first-order valence-corrected chi connectivity index (χ1v) is 4.76. The zero-order valence-electron chi connectivity index (χ0n) is 7.76. The molecule has 1 N–H and O–H groups in total. The molecule has 0 aliphatic heterocycles. The second-order valence-corrected chi connectivity index (χ2v) is 3.25. The van der Waals surface area contributed by atoms with E-state index in [0.717, 1.165) is 0 Å². The van der Waals surface area contributed by atoms with Crippen LogP contribution in [0.5, 0.6) is 0 Å². The number of amides is 1. The topological polar surface area (TPSA) is 29.1 Å². The van der Waals surface area contributed by atoms with Gasteiger partial charge in [0.05, 0.1) is 0 Å². The predicted molar refractivity (Wildman–Crippen MR) is 53.7 cm³/mol. The monoisotopic (exact) mass is 215 g/mol. The van der Waals surface area contributed by atoms with Crippen LogP contribution in [0.15, 0.2) is 24.3 Å². The molecule has 14 heavy (non-hydrogen) atoms. The number of alkyl halides is 1. The van der Waals surface area contributed by atoms with Crippen LogP contribution in [0.2, 0.25) is 0 Å². The molecule has 0 aliphatic rings. The van der Waals surface area contributed by atoms with Crippen molar-refractivity contribution in [2.75, 3.05) is 6.54 Å².